The molecule has 0 aliphatic carbocycles. The fourth-order valence-corrected chi connectivity index (χ4v) is 1.52. The molecule has 1 aliphatic rings. The zero-order valence-corrected chi connectivity index (χ0v) is 8.35. The molecule has 2 rings (SSSR count). The third kappa shape index (κ3) is 2.73. The number of ether oxygens (including phenoxy) is 1. The summed E-state index contributed by atoms with van der Waals surface area (Å²) in [7, 11) is 0. The summed E-state index contributed by atoms with van der Waals surface area (Å²) in [6, 6.07) is 0. The number of carbonyl (C=O) groups excluding carboxylic acids is 1. The summed E-state index contributed by atoms with van der Waals surface area (Å²) in [4.78, 5) is 19.5. The number of nitrogens with zero attached hydrogens (tertiary/aromatic N) is 2. The first-order valence-corrected chi connectivity index (χ1v) is 5.05. The van der Waals surface area contributed by atoms with Crippen LogP contribution in [0, 0.1) is 0 Å². The summed E-state index contributed by atoms with van der Waals surface area (Å²) in [6.45, 7) is 0.665. The second-order valence-electron chi connectivity index (χ2n) is 3.44. The van der Waals surface area contributed by atoms with Gasteiger partial charge in [0.15, 0.2) is 5.82 Å². The number of nitrogens with one attached hydrogen (secondary N) is 1. The van der Waals surface area contributed by atoms with Crippen LogP contribution in [-0.4, -0.2) is 28.6 Å². The predicted octanol–water partition coefficient (Wildman–Crippen LogP) is 0.984. The van der Waals surface area contributed by atoms with Crippen LogP contribution >= 0.6 is 0 Å². The standard InChI is InChI=1S/C10H13N3O2/c14-10(8-3-1-2-6-15-8)13-9-7-11-4-5-12-9/h4-5,7-8H,1-3,6H2,(H,12,13,14)/t8-/m0/s1. The Balaban J connectivity index is 1.91. The van der Waals surface area contributed by atoms with Crippen LogP contribution in [0.3, 0.4) is 0 Å². The first-order chi connectivity index (χ1) is 7.36. The third-order valence-corrected chi connectivity index (χ3v) is 2.29. The molecule has 5 nitrogen and oxygen atoms in total. The average Bonchev–Trinajstić information content (AvgIpc) is 2.31. The smallest absolute Gasteiger partial charge is 0.254 e. The molecule has 1 atom stereocenters. The van der Waals surface area contributed by atoms with Gasteiger partial charge in [-0.15, -0.1) is 0 Å². The number of rotatable bonds is 2. The summed E-state index contributed by atoms with van der Waals surface area (Å²) >= 11 is 0. The minimum absolute atomic E-state index is 0.129. The van der Waals surface area contributed by atoms with Crippen molar-refractivity contribution in [3.05, 3.63) is 18.6 Å². The molecule has 80 valence electrons. The van der Waals surface area contributed by atoms with Gasteiger partial charge in [-0.3, -0.25) is 9.78 Å². The molecule has 0 saturated carbocycles. The van der Waals surface area contributed by atoms with Crippen molar-refractivity contribution < 1.29 is 9.53 Å². The fourth-order valence-electron chi connectivity index (χ4n) is 1.52. The van der Waals surface area contributed by atoms with Gasteiger partial charge in [0.25, 0.3) is 5.91 Å². The monoisotopic (exact) mass is 207 g/mol. The topological polar surface area (TPSA) is 64.1 Å². The molecule has 15 heavy (non-hydrogen) atoms. The van der Waals surface area contributed by atoms with E-state index in [4.69, 9.17) is 4.74 Å². The summed E-state index contributed by atoms with van der Waals surface area (Å²) in [5.41, 5.74) is 0. The molecule has 1 fully saturated rings. The lowest BCUT2D eigenvalue weighted by Crippen LogP contribution is -2.33. The van der Waals surface area contributed by atoms with Crippen molar-refractivity contribution in [2.45, 2.75) is 25.4 Å². The summed E-state index contributed by atoms with van der Waals surface area (Å²) in [5, 5.41) is 2.67. The SMILES string of the molecule is O=C(Nc1cnccn1)[C@@H]1CCCCO1. The highest BCUT2D eigenvalue weighted by molar-refractivity contribution is 5.93. The molecule has 1 saturated heterocycles. The number of aromatic nitrogens is 2. The molecule has 5 heteroatoms. The summed E-state index contributed by atoms with van der Waals surface area (Å²) < 4.78 is 5.35. The van der Waals surface area contributed by atoms with Gasteiger partial charge in [0.05, 0.1) is 6.20 Å². The van der Waals surface area contributed by atoms with E-state index in [2.05, 4.69) is 15.3 Å². The van der Waals surface area contributed by atoms with E-state index in [1.165, 1.54) is 12.4 Å². The molecule has 2 heterocycles. The summed E-state index contributed by atoms with van der Waals surface area (Å²) in [6.07, 6.45) is 7.14. The molecule has 0 unspecified atom stereocenters. The highest BCUT2D eigenvalue weighted by Gasteiger charge is 2.21. The first-order valence-electron chi connectivity index (χ1n) is 5.05. The number of carbonyl (C=O) groups is 1. The van der Waals surface area contributed by atoms with Crippen LogP contribution in [0.25, 0.3) is 0 Å². The van der Waals surface area contributed by atoms with E-state index in [1.54, 1.807) is 6.20 Å². The van der Waals surface area contributed by atoms with Crippen molar-refractivity contribution >= 4 is 11.7 Å². The van der Waals surface area contributed by atoms with Gasteiger partial charge >= 0.3 is 0 Å². The van der Waals surface area contributed by atoms with E-state index in [0.717, 1.165) is 19.3 Å². The fraction of sp³-hybridized carbons (Fsp3) is 0.500. The van der Waals surface area contributed by atoms with Crippen molar-refractivity contribution in [1.29, 1.82) is 0 Å². The lowest BCUT2D eigenvalue weighted by molar-refractivity contribution is -0.130. The van der Waals surface area contributed by atoms with Crippen LogP contribution in [0.1, 0.15) is 19.3 Å². The van der Waals surface area contributed by atoms with Gasteiger partial charge < -0.3 is 10.1 Å². The Labute approximate surface area is 87.9 Å². The van der Waals surface area contributed by atoms with E-state index in [0.29, 0.717) is 12.4 Å². The van der Waals surface area contributed by atoms with Crippen molar-refractivity contribution in [2.75, 3.05) is 11.9 Å². The van der Waals surface area contributed by atoms with E-state index in [1.807, 2.05) is 0 Å². The number of amides is 1. The van der Waals surface area contributed by atoms with E-state index in [-0.39, 0.29) is 12.0 Å². The van der Waals surface area contributed by atoms with E-state index >= 15 is 0 Å². The van der Waals surface area contributed by atoms with Gasteiger partial charge in [0, 0.05) is 19.0 Å². The Kier molecular flexibility index (Phi) is 3.24. The van der Waals surface area contributed by atoms with E-state index < -0.39 is 0 Å². The molecule has 0 bridgehead atoms. The van der Waals surface area contributed by atoms with E-state index in [9.17, 15) is 4.79 Å². The Morgan fingerprint density at radius 1 is 1.47 bits per heavy atom. The van der Waals surface area contributed by atoms with Gasteiger partial charge in [-0.1, -0.05) is 0 Å². The molecule has 1 aliphatic heterocycles. The maximum atomic E-state index is 11.7. The van der Waals surface area contributed by atoms with Crippen molar-refractivity contribution in [1.82, 2.24) is 9.97 Å². The van der Waals surface area contributed by atoms with Crippen LogP contribution in [0.5, 0.6) is 0 Å². The number of hydrogen-bond donors (Lipinski definition) is 1. The highest BCUT2D eigenvalue weighted by Crippen LogP contribution is 2.14. The zero-order valence-electron chi connectivity index (χ0n) is 8.35. The molecular formula is C10H13N3O2. The third-order valence-electron chi connectivity index (χ3n) is 2.29. The maximum absolute atomic E-state index is 11.7. The predicted molar refractivity (Wildman–Crippen MR) is 54.3 cm³/mol. The Morgan fingerprint density at radius 2 is 2.40 bits per heavy atom. The van der Waals surface area contributed by atoms with Crippen molar-refractivity contribution in [3.8, 4) is 0 Å². The zero-order chi connectivity index (χ0) is 10.5. The number of hydrogen-bond acceptors (Lipinski definition) is 4. The van der Waals surface area contributed by atoms with Crippen LogP contribution in [0.15, 0.2) is 18.6 Å². The molecule has 0 spiro atoms. The Morgan fingerprint density at radius 3 is 3.07 bits per heavy atom. The van der Waals surface area contributed by atoms with Crippen molar-refractivity contribution in [2.24, 2.45) is 0 Å². The van der Waals surface area contributed by atoms with Crippen molar-refractivity contribution in [3.63, 3.8) is 0 Å². The lowest BCUT2D eigenvalue weighted by atomic mass is 10.1. The minimum Gasteiger partial charge on any atom is -0.368 e. The Bertz CT molecular complexity index is 323. The van der Waals surface area contributed by atoms with Gasteiger partial charge in [-0.2, -0.15) is 0 Å². The molecule has 1 aromatic rings. The quantitative estimate of drug-likeness (QED) is 0.785. The van der Waals surface area contributed by atoms with Crippen LogP contribution < -0.4 is 5.32 Å². The van der Waals surface area contributed by atoms with Crippen LogP contribution in [-0.2, 0) is 9.53 Å². The lowest BCUT2D eigenvalue weighted by Gasteiger charge is -2.21. The molecule has 1 N–H and O–H groups in total. The van der Waals surface area contributed by atoms with Crippen LogP contribution in [0.2, 0.25) is 0 Å². The second-order valence-corrected chi connectivity index (χ2v) is 3.44. The highest BCUT2D eigenvalue weighted by atomic mass is 16.5. The van der Waals surface area contributed by atoms with Gasteiger partial charge in [0.1, 0.15) is 6.10 Å². The van der Waals surface area contributed by atoms with Gasteiger partial charge in [0.2, 0.25) is 0 Å². The summed E-state index contributed by atoms with van der Waals surface area (Å²) in [5.74, 6) is 0.340. The molecule has 1 amide bonds. The minimum atomic E-state index is -0.333. The average molecular weight is 207 g/mol. The van der Waals surface area contributed by atoms with Gasteiger partial charge in [-0.25, -0.2) is 4.98 Å². The second kappa shape index (κ2) is 4.84. The molecule has 0 aromatic carbocycles. The number of anilines is 1. The van der Waals surface area contributed by atoms with Crippen LogP contribution in [0.4, 0.5) is 5.82 Å². The Hall–Kier alpha value is -1.49. The normalized spacial score (nSPS) is 20.9. The maximum Gasteiger partial charge on any atom is 0.254 e. The first kappa shape index (κ1) is 10.0. The van der Waals surface area contributed by atoms with Gasteiger partial charge in [-0.05, 0) is 19.3 Å². The molecule has 0 radical (unpaired) electrons. The largest absolute Gasteiger partial charge is 0.368 e. The molecule has 1 aromatic heterocycles. The molecular weight excluding hydrogens is 194 g/mol.